The topological polar surface area (TPSA) is 172 Å². The predicted molar refractivity (Wildman–Crippen MR) is 235 cm³/mol. The molecular weight excluding hydrogens is 757 g/mol. The lowest BCUT2D eigenvalue weighted by Gasteiger charge is -2.20. The third-order valence-electron chi connectivity index (χ3n) is 9.86. The first-order valence-corrected chi connectivity index (χ1v) is 24.5. The molecule has 0 heterocycles. The van der Waals surface area contributed by atoms with Gasteiger partial charge in [-0.05, 0) is 70.6 Å². The molecule has 0 aromatic rings. The van der Waals surface area contributed by atoms with E-state index in [4.69, 9.17) is 24.8 Å². The minimum absolute atomic E-state index is 0.145. The van der Waals surface area contributed by atoms with Crippen LogP contribution in [0.1, 0.15) is 206 Å². The lowest BCUT2D eigenvalue weighted by Crippen LogP contribution is -2.34. The van der Waals surface area contributed by atoms with E-state index in [2.05, 4.69) is 54.8 Å². The lowest BCUT2D eigenvalue weighted by atomic mass is 10.1. The zero-order chi connectivity index (χ0) is 42.8. The quantitative estimate of drug-likeness (QED) is 0.0231. The number of nitrogens with two attached hydrogens (primary N) is 1. The maximum absolute atomic E-state index is 12.6. The van der Waals surface area contributed by atoms with Gasteiger partial charge in [-0.2, -0.15) is 0 Å². The number of hydrogen-bond acceptors (Lipinski definition) is 9. The Morgan fingerprint density at radius 1 is 0.534 bits per heavy atom. The third-order valence-corrected chi connectivity index (χ3v) is 10.8. The van der Waals surface area contributed by atoms with E-state index in [-0.39, 0.29) is 19.4 Å². The Hall–Kier alpha value is -2.30. The number of rotatable bonds is 43. The van der Waals surface area contributed by atoms with Crippen molar-refractivity contribution in [1.82, 2.24) is 0 Å². The Labute approximate surface area is 353 Å². The summed E-state index contributed by atoms with van der Waals surface area (Å²) in [5.41, 5.74) is 5.34. The molecule has 0 aliphatic carbocycles. The molecule has 3 atom stereocenters. The largest absolute Gasteiger partial charge is 0.480 e. The van der Waals surface area contributed by atoms with Gasteiger partial charge >= 0.3 is 25.7 Å². The van der Waals surface area contributed by atoms with E-state index in [0.29, 0.717) is 12.8 Å². The van der Waals surface area contributed by atoms with Gasteiger partial charge in [-0.3, -0.25) is 23.4 Å². The van der Waals surface area contributed by atoms with Crippen LogP contribution < -0.4 is 5.73 Å². The van der Waals surface area contributed by atoms with Gasteiger partial charge in [-0.15, -0.1) is 0 Å². The smallest absolute Gasteiger partial charge is 0.472 e. The fraction of sp³-hybridized carbons (Fsp3) is 0.804. The van der Waals surface area contributed by atoms with Crippen LogP contribution >= 0.6 is 7.82 Å². The second-order valence-electron chi connectivity index (χ2n) is 15.5. The molecule has 0 bridgehead atoms. The van der Waals surface area contributed by atoms with Crippen LogP contribution in [0.2, 0.25) is 0 Å². The normalized spacial score (nSPS) is 14.0. The average Bonchev–Trinajstić information content (AvgIpc) is 3.20. The number of carbonyl (C=O) groups excluding carboxylic acids is 2. The highest BCUT2D eigenvalue weighted by molar-refractivity contribution is 7.47. The second kappa shape index (κ2) is 41.4. The van der Waals surface area contributed by atoms with Gasteiger partial charge in [0.05, 0.1) is 13.2 Å². The highest BCUT2D eigenvalue weighted by Crippen LogP contribution is 2.43. The molecule has 0 radical (unpaired) electrons. The summed E-state index contributed by atoms with van der Waals surface area (Å²) in [6, 6.07) is -1.52. The first-order chi connectivity index (χ1) is 28.1. The molecule has 0 aromatic carbocycles. The van der Waals surface area contributed by atoms with E-state index in [0.717, 1.165) is 70.6 Å². The minimum atomic E-state index is -4.72. The Balaban J connectivity index is 4.33. The molecule has 12 heteroatoms. The molecule has 4 N–H and O–H groups in total. The fourth-order valence-electron chi connectivity index (χ4n) is 6.21. The number of phosphoric ester groups is 1. The molecule has 0 amide bonds. The van der Waals surface area contributed by atoms with Gasteiger partial charge in [0.25, 0.3) is 0 Å². The molecule has 0 saturated carbocycles. The van der Waals surface area contributed by atoms with E-state index < -0.39 is 51.1 Å². The zero-order valence-electron chi connectivity index (χ0n) is 36.6. The Bertz CT molecular complexity index is 1130. The van der Waals surface area contributed by atoms with Crippen molar-refractivity contribution < 1.29 is 47.5 Å². The number of aliphatic carboxylic acids is 1. The van der Waals surface area contributed by atoms with Crippen molar-refractivity contribution in [3.05, 3.63) is 36.5 Å². The van der Waals surface area contributed by atoms with Crippen LogP contribution in [0.4, 0.5) is 0 Å². The van der Waals surface area contributed by atoms with Crippen molar-refractivity contribution in [2.75, 3.05) is 19.8 Å². The summed E-state index contributed by atoms with van der Waals surface area (Å²) < 4.78 is 32.7. The van der Waals surface area contributed by atoms with Crippen LogP contribution in [0.25, 0.3) is 0 Å². The Kier molecular flexibility index (Phi) is 39.8. The minimum Gasteiger partial charge on any atom is -0.480 e. The highest BCUT2D eigenvalue weighted by Gasteiger charge is 2.28. The van der Waals surface area contributed by atoms with Crippen LogP contribution in [-0.4, -0.2) is 59.9 Å². The van der Waals surface area contributed by atoms with E-state index in [1.165, 1.54) is 96.3 Å². The second-order valence-corrected chi connectivity index (χ2v) is 17.0. The molecule has 0 aliphatic rings. The lowest BCUT2D eigenvalue weighted by molar-refractivity contribution is -0.161. The fourth-order valence-corrected chi connectivity index (χ4v) is 6.99. The van der Waals surface area contributed by atoms with E-state index in [1.807, 2.05) is 0 Å². The van der Waals surface area contributed by atoms with Crippen molar-refractivity contribution in [3.63, 3.8) is 0 Å². The van der Waals surface area contributed by atoms with Gasteiger partial charge in [0.2, 0.25) is 0 Å². The number of carboxylic acid groups (broad SMARTS) is 1. The van der Waals surface area contributed by atoms with Gasteiger partial charge in [-0.25, -0.2) is 4.57 Å². The first kappa shape index (κ1) is 55.7. The molecule has 1 unspecified atom stereocenters. The van der Waals surface area contributed by atoms with Crippen LogP contribution in [0, 0.1) is 0 Å². The van der Waals surface area contributed by atoms with Gasteiger partial charge in [0.1, 0.15) is 12.6 Å². The summed E-state index contributed by atoms with van der Waals surface area (Å²) in [4.78, 5) is 46.0. The molecule has 0 spiro atoms. The highest BCUT2D eigenvalue weighted by atomic mass is 31.2. The number of carbonyl (C=O) groups is 3. The van der Waals surface area contributed by atoms with Crippen LogP contribution in [0.3, 0.4) is 0 Å². The van der Waals surface area contributed by atoms with Crippen LogP contribution in [-0.2, 0) is 37.5 Å². The molecule has 0 fully saturated rings. The SMILES string of the molecule is CCCCC/C=C\C/C=C\CCCCCCCC(=O)O[C@H](COC(=O)CCCCCCCCC/C=C\CCCCCCCCCC)COP(=O)(O)OC[C@H](N)C(=O)O. The predicted octanol–water partition coefficient (Wildman–Crippen LogP) is 12.4. The van der Waals surface area contributed by atoms with Gasteiger partial charge < -0.3 is 25.2 Å². The van der Waals surface area contributed by atoms with Crippen molar-refractivity contribution in [3.8, 4) is 0 Å². The summed E-state index contributed by atoms with van der Waals surface area (Å²) in [5, 5.41) is 8.89. The summed E-state index contributed by atoms with van der Waals surface area (Å²) in [6.07, 6.45) is 44.9. The van der Waals surface area contributed by atoms with Gasteiger partial charge in [0.15, 0.2) is 6.10 Å². The number of phosphoric acid groups is 1. The summed E-state index contributed by atoms with van der Waals surface area (Å²) in [7, 11) is -4.72. The van der Waals surface area contributed by atoms with Crippen molar-refractivity contribution >= 4 is 25.7 Å². The first-order valence-electron chi connectivity index (χ1n) is 23.0. The van der Waals surface area contributed by atoms with Crippen LogP contribution in [0.15, 0.2) is 36.5 Å². The molecule has 0 rings (SSSR count). The molecule has 0 aliphatic heterocycles. The third kappa shape index (κ3) is 40.5. The number of unbranched alkanes of at least 4 members (excludes halogenated alkanes) is 23. The van der Waals surface area contributed by atoms with Crippen molar-refractivity contribution in [2.24, 2.45) is 5.73 Å². The molecule has 11 nitrogen and oxygen atoms in total. The maximum Gasteiger partial charge on any atom is 0.472 e. The zero-order valence-corrected chi connectivity index (χ0v) is 37.5. The molecule has 338 valence electrons. The number of esters is 2. The van der Waals surface area contributed by atoms with E-state index >= 15 is 0 Å². The van der Waals surface area contributed by atoms with Crippen molar-refractivity contribution in [1.29, 1.82) is 0 Å². The van der Waals surface area contributed by atoms with Crippen molar-refractivity contribution in [2.45, 2.75) is 219 Å². The average molecular weight is 842 g/mol. The number of carboxylic acids is 1. The molecular formula is C46H84NO10P. The van der Waals surface area contributed by atoms with E-state index in [1.54, 1.807) is 0 Å². The number of ether oxygens (including phenoxy) is 2. The molecule has 0 saturated heterocycles. The Morgan fingerprint density at radius 2 is 0.914 bits per heavy atom. The van der Waals surface area contributed by atoms with Gasteiger partial charge in [-0.1, -0.05) is 159 Å². The maximum atomic E-state index is 12.6. The molecule has 0 aromatic heterocycles. The monoisotopic (exact) mass is 842 g/mol. The van der Waals surface area contributed by atoms with Gasteiger partial charge in [0, 0.05) is 12.8 Å². The van der Waals surface area contributed by atoms with E-state index in [9.17, 15) is 23.8 Å². The summed E-state index contributed by atoms with van der Waals surface area (Å²) >= 11 is 0. The van der Waals surface area contributed by atoms with Crippen LogP contribution in [0.5, 0.6) is 0 Å². The molecule has 58 heavy (non-hydrogen) atoms. The standard InChI is InChI=1S/C46H84NO10P/c1-3-5-7-9-11-13-15-17-19-20-21-22-24-25-27-29-31-33-35-37-44(48)54-39-42(40-55-58(52,53)56-41-43(47)46(50)51)57-45(49)38-36-34-32-30-28-26-23-18-16-14-12-10-8-6-4-2/h12,14,18,20-21,23,42-43H,3-11,13,15-17,19,22,24-41,47H2,1-2H3,(H,50,51)(H,52,53)/b14-12-,21-20-,23-18-/t42-,43+/m1/s1. The Morgan fingerprint density at radius 3 is 1.40 bits per heavy atom. The number of hydrogen-bond donors (Lipinski definition) is 3. The number of allylic oxidation sites excluding steroid dienone is 6. The summed E-state index contributed by atoms with van der Waals surface area (Å²) in [6.45, 7) is 2.77. The summed E-state index contributed by atoms with van der Waals surface area (Å²) in [5.74, 6) is -2.40.